The maximum atomic E-state index is 5.34. The summed E-state index contributed by atoms with van der Waals surface area (Å²) in [6, 6.07) is 8.03. The van der Waals surface area contributed by atoms with Gasteiger partial charge in [-0.15, -0.1) is 0 Å². The molecule has 2 rings (SSSR count). The minimum atomic E-state index is 0. The van der Waals surface area contributed by atoms with Crippen molar-refractivity contribution >= 4 is 6.08 Å². The second-order valence-electron chi connectivity index (χ2n) is 2.25. The standard InChI is InChI=1S/C9H8O.Cr/c1-2-6-9-8(4-1)5-3-7-10-9;/h1-6H,7H2;. The number of fused-ring (bicyclic) bond motifs is 1. The Labute approximate surface area is 76.8 Å². The van der Waals surface area contributed by atoms with Crippen molar-refractivity contribution in [2.75, 3.05) is 6.61 Å². The van der Waals surface area contributed by atoms with Crippen LogP contribution in [0.4, 0.5) is 0 Å². The summed E-state index contributed by atoms with van der Waals surface area (Å²) >= 11 is 0. The molecule has 0 amide bonds. The minimum Gasteiger partial charge on any atom is -0.489 e. The molecule has 0 saturated heterocycles. The topological polar surface area (TPSA) is 9.23 Å². The smallest absolute Gasteiger partial charge is 0.126 e. The Bertz CT molecular complexity index is 268. The maximum Gasteiger partial charge on any atom is 0.126 e. The molecule has 0 spiro atoms. The zero-order valence-electron chi connectivity index (χ0n) is 5.99. The van der Waals surface area contributed by atoms with Crippen molar-refractivity contribution < 1.29 is 22.1 Å². The molecule has 1 aromatic rings. The van der Waals surface area contributed by atoms with E-state index in [9.17, 15) is 0 Å². The minimum absolute atomic E-state index is 0. The molecule has 0 saturated carbocycles. The van der Waals surface area contributed by atoms with E-state index < -0.39 is 0 Å². The van der Waals surface area contributed by atoms with Crippen LogP contribution >= 0.6 is 0 Å². The van der Waals surface area contributed by atoms with Crippen LogP contribution in [0.15, 0.2) is 30.3 Å². The molecule has 0 aromatic heterocycles. The van der Waals surface area contributed by atoms with Crippen LogP contribution in [-0.2, 0) is 17.4 Å². The number of hydrogen-bond acceptors (Lipinski definition) is 1. The molecule has 0 radical (unpaired) electrons. The number of para-hydroxylation sites is 1. The Balaban J connectivity index is 0.000000605. The van der Waals surface area contributed by atoms with Gasteiger partial charge in [-0.25, -0.2) is 0 Å². The molecule has 1 nitrogen and oxygen atoms in total. The van der Waals surface area contributed by atoms with Crippen LogP contribution in [0.1, 0.15) is 5.56 Å². The van der Waals surface area contributed by atoms with E-state index >= 15 is 0 Å². The predicted octanol–water partition coefficient (Wildman–Crippen LogP) is 2.09. The van der Waals surface area contributed by atoms with E-state index in [0.29, 0.717) is 6.61 Å². The third-order valence-electron chi connectivity index (χ3n) is 1.55. The molecule has 1 heterocycles. The van der Waals surface area contributed by atoms with Gasteiger partial charge in [0.25, 0.3) is 0 Å². The van der Waals surface area contributed by atoms with Gasteiger partial charge in [0.1, 0.15) is 12.4 Å². The molecule has 56 valence electrons. The van der Waals surface area contributed by atoms with Crippen molar-refractivity contribution in [2.45, 2.75) is 0 Å². The second-order valence-corrected chi connectivity index (χ2v) is 2.25. The van der Waals surface area contributed by atoms with Gasteiger partial charge in [0.15, 0.2) is 0 Å². The molecular weight excluding hydrogens is 176 g/mol. The summed E-state index contributed by atoms with van der Waals surface area (Å²) < 4.78 is 5.34. The Morgan fingerprint density at radius 1 is 1.18 bits per heavy atom. The normalized spacial score (nSPS) is 12.7. The average Bonchev–Trinajstić information content (AvgIpc) is 2.05. The Morgan fingerprint density at radius 3 is 2.82 bits per heavy atom. The fraction of sp³-hybridized carbons (Fsp3) is 0.111. The van der Waals surface area contributed by atoms with Crippen LogP contribution in [0.5, 0.6) is 5.75 Å². The Kier molecular flexibility index (Phi) is 2.76. The first-order chi connectivity index (χ1) is 4.97. The summed E-state index contributed by atoms with van der Waals surface area (Å²) in [6.45, 7) is 0.705. The number of ether oxygens (including phenoxy) is 1. The van der Waals surface area contributed by atoms with E-state index in [2.05, 4.69) is 6.08 Å². The van der Waals surface area contributed by atoms with Gasteiger partial charge in [0.2, 0.25) is 0 Å². The predicted molar refractivity (Wildman–Crippen MR) is 41.0 cm³/mol. The quantitative estimate of drug-likeness (QED) is 0.599. The van der Waals surface area contributed by atoms with Crippen molar-refractivity contribution in [1.82, 2.24) is 0 Å². The van der Waals surface area contributed by atoms with E-state index in [1.54, 1.807) is 0 Å². The molecular formula is C9H8CrO. The van der Waals surface area contributed by atoms with Crippen LogP contribution < -0.4 is 4.74 Å². The third kappa shape index (κ3) is 1.65. The maximum absolute atomic E-state index is 5.34. The molecule has 0 fully saturated rings. The Morgan fingerprint density at radius 2 is 2.00 bits per heavy atom. The van der Waals surface area contributed by atoms with Crippen molar-refractivity contribution in [3.63, 3.8) is 0 Å². The van der Waals surface area contributed by atoms with E-state index in [1.165, 1.54) is 5.56 Å². The summed E-state index contributed by atoms with van der Waals surface area (Å²) in [5.41, 5.74) is 1.17. The van der Waals surface area contributed by atoms with Gasteiger partial charge in [-0.3, -0.25) is 0 Å². The first-order valence-corrected chi connectivity index (χ1v) is 3.35. The molecule has 0 N–H and O–H groups in total. The van der Waals surface area contributed by atoms with Crippen LogP contribution in [-0.4, -0.2) is 6.61 Å². The number of benzene rings is 1. The molecule has 0 bridgehead atoms. The van der Waals surface area contributed by atoms with Gasteiger partial charge in [-0.05, 0) is 12.1 Å². The van der Waals surface area contributed by atoms with Crippen molar-refractivity contribution in [1.29, 1.82) is 0 Å². The van der Waals surface area contributed by atoms with E-state index in [4.69, 9.17) is 4.74 Å². The molecule has 1 aliphatic rings. The van der Waals surface area contributed by atoms with Gasteiger partial charge < -0.3 is 4.74 Å². The van der Waals surface area contributed by atoms with Crippen molar-refractivity contribution in [3.05, 3.63) is 35.9 Å². The molecule has 0 atom stereocenters. The van der Waals surface area contributed by atoms with Gasteiger partial charge in [-0.1, -0.05) is 24.3 Å². The van der Waals surface area contributed by atoms with Gasteiger partial charge in [-0.2, -0.15) is 0 Å². The summed E-state index contributed by atoms with van der Waals surface area (Å²) in [5, 5.41) is 0. The summed E-state index contributed by atoms with van der Waals surface area (Å²) in [5.74, 6) is 0.991. The largest absolute Gasteiger partial charge is 0.489 e. The average molecular weight is 184 g/mol. The second kappa shape index (κ2) is 3.62. The van der Waals surface area contributed by atoms with Crippen molar-refractivity contribution in [2.24, 2.45) is 0 Å². The van der Waals surface area contributed by atoms with E-state index in [1.807, 2.05) is 30.3 Å². The van der Waals surface area contributed by atoms with Crippen LogP contribution in [0.25, 0.3) is 6.08 Å². The molecule has 0 unspecified atom stereocenters. The molecule has 2 heteroatoms. The number of hydrogen-bond donors (Lipinski definition) is 0. The molecule has 0 aliphatic carbocycles. The summed E-state index contributed by atoms with van der Waals surface area (Å²) in [6.07, 6.45) is 4.10. The van der Waals surface area contributed by atoms with Crippen LogP contribution in [0, 0.1) is 0 Å². The molecule has 1 aliphatic heterocycles. The summed E-state index contributed by atoms with van der Waals surface area (Å²) in [4.78, 5) is 0. The SMILES string of the molecule is C1=Cc2ccccc2OC1.[Cr]. The van der Waals surface area contributed by atoms with Crippen LogP contribution in [0.2, 0.25) is 0 Å². The Hall–Kier alpha value is -0.708. The van der Waals surface area contributed by atoms with Gasteiger partial charge in [0.05, 0.1) is 0 Å². The van der Waals surface area contributed by atoms with Crippen LogP contribution in [0.3, 0.4) is 0 Å². The third-order valence-corrected chi connectivity index (χ3v) is 1.55. The fourth-order valence-electron chi connectivity index (χ4n) is 1.06. The summed E-state index contributed by atoms with van der Waals surface area (Å²) in [7, 11) is 0. The fourth-order valence-corrected chi connectivity index (χ4v) is 1.06. The number of rotatable bonds is 0. The zero-order chi connectivity index (χ0) is 6.81. The van der Waals surface area contributed by atoms with Crippen molar-refractivity contribution in [3.8, 4) is 5.75 Å². The zero-order valence-corrected chi connectivity index (χ0v) is 7.26. The first-order valence-electron chi connectivity index (χ1n) is 3.35. The molecule has 1 aromatic carbocycles. The van der Waals surface area contributed by atoms with E-state index in [0.717, 1.165) is 5.75 Å². The first kappa shape index (κ1) is 8.39. The van der Waals surface area contributed by atoms with Gasteiger partial charge in [0, 0.05) is 22.9 Å². The monoisotopic (exact) mass is 184 g/mol. The van der Waals surface area contributed by atoms with Gasteiger partial charge >= 0.3 is 0 Å². The molecule has 11 heavy (non-hydrogen) atoms. The van der Waals surface area contributed by atoms with E-state index in [-0.39, 0.29) is 17.4 Å².